The molecule has 200 valence electrons. The standard InChI is InChI=1S/C25H27F3N8O2/c1-3-18-29-16-6-4-5-7-17(16)36(18)24-31-20-19(21(32-24)34-10-12-38-13-11-34)30-22(33(20)2)23(37)35-9-8-15(14-35)25(26,27)28/h4-7,15H,3,8-14H2,1-2H3. The molecule has 0 saturated carbocycles. The van der Waals surface area contributed by atoms with Crippen molar-refractivity contribution in [3.8, 4) is 5.95 Å². The van der Waals surface area contributed by atoms with Gasteiger partial charge in [-0.15, -0.1) is 0 Å². The Morgan fingerprint density at radius 2 is 1.84 bits per heavy atom. The number of nitrogens with zero attached hydrogens (tertiary/aromatic N) is 8. The van der Waals surface area contributed by atoms with E-state index >= 15 is 0 Å². The Bertz CT molecular complexity index is 1520. The number of benzene rings is 1. The summed E-state index contributed by atoms with van der Waals surface area (Å²) in [7, 11) is 1.66. The number of carbonyl (C=O) groups is 1. The first-order valence-electron chi connectivity index (χ1n) is 12.7. The Hall–Kier alpha value is -3.74. The molecule has 1 atom stereocenters. The lowest BCUT2D eigenvalue weighted by atomic mass is 10.1. The van der Waals surface area contributed by atoms with E-state index in [9.17, 15) is 18.0 Å². The molecule has 38 heavy (non-hydrogen) atoms. The van der Waals surface area contributed by atoms with Crippen LogP contribution >= 0.6 is 0 Å². The van der Waals surface area contributed by atoms with Crippen LogP contribution in [0.2, 0.25) is 0 Å². The van der Waals surface area contributed by atoms with E-state index in [-0.39, 0.29) is 25.3 Å². The SMILES string of the molecule is CCc1nc2ccccc2n1-c1nc(N2CCOCC2)c2nc(C(=O)N3CCC(C(F)(F)F)C3)n(C)c2n1. The second-order valence-electron chi connectivity index (χ2n) is 9.60. The van der Waals surface area contributed by atoms with Crippen molar-refractivity contribution in [2.45, 2.75) is 25.9 Å². The molecule has 3 aromatic heterocycles. The number of ether oxygens (including phenoxy) is 1. The highest BCUT2D eigenvalue weighted by molar-refractivity contribution is 5.96. The number of imidazole rings is 2. The van der Waals surface area contributed by atoms with Gasteiger partial charge in [0.05, 0.1) is 30.2 Å². The number of morpholine rings is 1. The maximum atomic E-state index is 13.4. The van der Waals surface area contributed by atoms with Crippen molar-refractivity contribution >= 4 is 33.9 Å². The van der Waals surface area contributed by atoms with Gasteiger partial charge in [-0.2, -0.15) is 23.1 Å². The molecule has 0 radical (unpaired) electrons. The molecule has 1 aromatic carbocycles. The molecule has 13 heteroatoms. The number of fused-ring (bicyclic) bond motifs is 2. The minimum Gasteiger partial charge on any atom is -0.378 e. The van der Waals surface area contributed by atoms with Crippen molar-refractivity contribution in [3.63, 3.8) is 0 Å². The van der Waals surface area contributed by atoms with Crippen molar-refractivity contribution in [2.75, 3.05) is 44.3 Å². The van der Waals surface area contributed by atoms with E-state index in [4.69, 9.17) is 19.7 Å². The average molecular weight is 529 g/mol. The molecular weight excluding hydrogens is 501 g/mol. The van der Waals surface area contributed by atoms with E-state index in [2.05, 4.69) is 4.98 Å². The van der Waals surface area contributed by atoms with Crippen LogP contribution in [0.1, 0.15) is 29.8 Å². The lowest BCUT2D eigenvalue weighted by Gasteiger charge is -2.28. The summed E-state index contributed by atoms with van der Waals surface area (Å²) in [6.45, 7) is 3.84. The molecule has 2 fully saturated rings. The number of anilines is 1. The van der Waals surface area contributed by atoms with Gasteiger partial charge in [0, 0.05) is 39.6 Å². The summed E-state index contributed by atoms with van der Waals surface area (Å²) in [6.07, 6.45) is -3.81. The first-order chi connectivity index (χ1) is 18.3. The normalized spacial score (nSPS) is 18.7. The van der Waals surface area contributed by atoms with Crippen LogP contribution in [0.5, 0.6) is 0 Å². The largest absolute Gasteiger partial charge is 0.393 e. The lowest BCUT2D eigenvalue weighted by Crippen LogP contribution is -2.37. The zero-order valence-corrected chi connectivity index (χ0v) is 21.1. The Balaban J connectivity index is 1.50. The van der Waals surface area contributed by atoms with Gasteiger partial charge < -0.3 is 19.1 Å². The quantitative estimate of drug-likeness (QED) is 0.402. The molecule has 0 spiro atoms. The third-order valence-electron chi connectivity index (χ3n) is 7.28. The van der Waals surface area contributed by atoms with E-state index in [0.717, 1.165) is 16.9 Å². The number of amides is 1. The van der Waals surface area contributed by atoms with Gasteiger partial charge >= 0.3 is 6.18 Å². The predicted octanol–water partition coefficient (Wildman–Crippen LogP) is 3.13. The number of halogens is 3. The minimum atomic E-state index is -4.34. The maximum Gasteiger partial charge on any atom is 0.393 e. The predicted molar refractivity (Wildman–Crippen MR) is 133 cm³/mol. The van der Waals surface area contributed by atoms with Crippen LogP contribution < -0.4 is 4.90 Å². The Morgan fingerprint density at radius 1 is 1.08 bits per heavy atom. The number of hydrogen-bond donors (Lipinski definition) is 0. The molecule has 5 heterocycles. The van der Waals surface area contributed by atoms with E-state index in [1.807, 2.05) is 40.7 Å². The van der Waals surface area contributed by atoms with Gasteiger partial charge in [0.15, 0.2) is 17.0 Å². The zero-order chi connectivity index (χ0) is 26.6. The van der Waals surface area contributed by atoms with Crippen molar-refractivity contribution in [1.29, 1.82) is 0 Å². The van der Waals surface area contributed by atoms with Crippen LogP contribution in [0.3, 0.4) is 0 Å². The van der Waals surface area contributed by atoms with Crippen LogP contribution in [0, 0.1) is 5.92 Å². The fraction of sp³-hybridized carbons (Fsp3) is 0.480. The second-order valence-corrected chi connectivity index (χ2v) is 9.60. The van der Waals surface area contributed by atoms with Gasteiger partial charge in [-0.05, 0) is 18.6 Å². The zero-order valence-electron chi connectivity index (χ0n) is 21.1. The van der Waals surface area contributed by atoms with Crippen LogP contribution in [-0.4, -0.2) is 85.4 Å². The monoisotopic (exact) mass is 528 g/mol. The smallest absolute Gasteiger partial charge is 0.378 e. The van der Waals surface area contributed by atoms with Crippen LogP contribution in [0.15, 0.2) is 24.3 Å². The first kappa shape index (κ1) is 24.6. The third-order valence-corrected chi connectivity index (χ3v) is 7.28. The summed E-state index contributed by atoms with van der Waals surface area (Å²) < 4.78 is 48.8. The van der Waals surface area contributed by atoms with Gasteiger partial charge in [-0.1, -0.05) is 19.1 Å². The first-order valence-corrected chi connectivity index (χ1v) is 12.7. The molecule has 6 rings (SSSR count). The molecule has 1 unspecified atom stereocenters. The topological polar surface area (TPSA) is 94.2 Å². The summed E-state index contributed by atoms with van der Waals surface area (Å²) in [5.74, 6) is -0.308. The highest BCUT2D eigenvalue weighted by atomic mass is 19.4. The van der Waals surface area contributed by atoms with Crippen molar-refractivity contribution in [2.24, 2.45) is 13.0 Å². The van der Waals surface area contributed by atoms with E-state index < -0.39 is 18.0 Å². The van der Waals surface area contributed by atoms with Gasteiger partial charge in [0.25, 0.3) is 5.91 Å². The van der Waals surface area contributed by atoms with Gasteiger partial charge in [0.1, 0.15) is 5.82 Å². The number of likely N-dealkylation sites (tertiary alicyclic amines) is 1. The van der Waals surface area contributed by atoms with Crippen molar-refractivity contribution < 1.29 is 22.7 Å². The molecule has 2 saturated heterocycles. The Morgan fingerprint density at radius 3 is 2.55 bits per heavy atom. The number of para-hydroxylation sites is 2. The summed E-state index contributed by atoms with van der Waals surface area (Å²) in [5, 5.41) is 0. The average Bonchev–Trinajstić information content (AvgIpc) is 3.64. The van der Waals surface area contributed by atoms with Gasteiger partial charge in [-0.3, -0.25) is 9.36 Å². The van der Waals surface area contributed by atoms with Crippen molar-refractivity contribution in [3.05, 3.63) is 35.9 Å². The van der Waals surface area contributed by atoms with Crippen LogP contribution in [0.4, 0.5) is 19.0 Å². The fourth-order valence-corrected chi connectivity index (χ4v) is 5.21. The number of alkyl halides is 3. The second kappa shape index (κ2) is 9.22. The summed E-state index contributed by atoms with van der Waals surface area (Å²) >= 11 is 0. The molecule has 0 N–H and O–H groups in total. The highest BCUT2D eigenvalue weighted by Gasteiger charge is 2.45. The maximum absolute atomic E-state index is 13.4. The number of carbonyl (C=O) groups excluding carboxylic acids is 1. The number of aromatic nitrogens is 6. The van der Waals surface area contributed by atoms with E-state index in [1.165, 1.54) is 4.90 Å². The third kappa shape index (κ3) is 4.05. The van der Waals surface area contributed by atoms with Gasteiger partial charge in [-0.25, -0.2) is 9.97 Å². The van der Waals surface area contributed by atoms with Crippen molar-refractivity contribution in [1.82, 2.24) is 34.0 Å². The highest BCUT2D eigenvalue weighted by Crippen LogP contribution is 2.34. The molecule has 4 aromatic rings. The molecule has 2 aliphatic heterocycles. The summed E-state index contributed by atoms with van der Waals surface area (Å²) in [4.78, 5) is 35.7. The molecule has 0 bridgehead atoms. The summed E-state index contributed by atoms with van der Waals surface area (Å²) in [6, 6.07) is 7.72. The number of aryl methyl sites for hydroxylation is 2. The molecule has 2 aliphatic rings. The minimum absolute atomic E-state index is 0.0281. The number of rotatable bonds is 4. The molecule has 0 aliphatic carbocycles. The molecule has 1 amide bonds. The Labute approximate surface area is 216 Å². The van der Waals surface area contributed by atoms with E-state index in [1.54, 1.807) is 11.6 Å². The summed E-state index contributed by atoms with van der Waals surface area (Å²) in [5.41, 5.74) is 2.52. The number of hydrogen-bond acceptors (Lipinski definition) is 7. The van der Waals surface area contributed by atoms with Crippen LogP contribution in [-0.2, 0) is 18.2 Å². The lowest BCUT2D eigenvalue weighted by molar-refractivity contribution is -0.169. The van der Waals surface area contributed by atoms with Gasteiger partial charge in [0.2, 0.25) is 11.8 Å². The van der Waals surface area contributed by atoms with Crippen LogP contribution in [0.25, 0.3) is 28.1 Å². The fourth-order valence-electron chi connectivity index (χ4n) is 5.21. The molecular formula is C25H27F3N8O2. The Kier molecular flexibility index (Phi) is 5.97. The van der Waals surface area contributed by atoms with E-state index in [0.29, 0.717) is 55.7 Å². The molecule has 10 nitrogen and oxygen atoms in total.